The number of ketones is 1. The van der Waals surface area contributed by atoms with Crippen molar-refractivity contribution in [1.82, 2.24) is 0 Å². The standard InChI is InChI=1S/C14H24O3/c15-13-9-6-10-16-17-14(11-13)12-7-4-2-1-3-5-8-12/h12,14H,1-11H2. The van der Waals surface area contributed by atoms with Crippen molar-refractivity contribution in [3.8, 4) is 0 Å². The smallest absolute Gasteiger partial charge is 0.135 e. The molecule has 1 atom stereocenters. The Morgan fingerprint density at radius 2 is 1.65 bits per heavy atom. The molecule has 0 spiro atoms. The van der Waals surface area contributed by atoms with Gasteiger partial charge in [0.2, 0.25) is 0 Å². The van der Waals surface area contributed by atoms with Crippen molar-refractivity contribution < 1.29 is 14.6 Å². The largest absolute Gasteiger partial charge is 0.300 e. The van der Waals surface area contributed by atoms with E-state index in [1.807, 2.05) is 0 Å². The van der Waals surface area contributed by atoms with Crippen LogP contribution in [0.25, 0.3) is 0 Å². The lowest BCUT2D eigenvalue weighted by atomic mass is 9.85. The zero-order valence-corrected chi connectivity index (χ0v) is 10.7. The molecule has 2 fully saturated rings. The van der Waals surface area contributed by atoms with Gasteiger partial charge in [0.15, 0.2) is 0 Å². The van der Waals surface area contributed by atoms with Crippen LogP contribution in [0, 0.1) is 5.92 Å². The summed E-state index contributed by atoms with van der Waals surface area (Å²) in [6.07, 6.45) is 11.0. The highest BCUT2D eigenvalue weighted by Crippen LogP contribution is 2.29. The fourth-order valence-electron chi connectivity index (χ4n) is 2.93. The number of carbonyl (C=O) groups excluding carboxylic acids is 1. The number of Topliss-reactive ketones (excluding diaryl/α,β-unsaturated/α-hetero) is 1. The second-order valence-corrected chi connectivity index (χ2v) is 5.41. The van der Waals surface area contributed by atoms with Crippen molar-refractivity contribution in [3.05, 3.63) is 0 Å². The van der Waals surface area contributed by atoms with Crippen LogP contribution in [0.4, 0.5) is 0 Å². The Balaban J connectivity index is 1.89. The van der Waals surface area contributed by atoms with Gasteiger partial charge >= 0.3 is 0 Å². The molecule has 1 aliphatic heterocycles. The molecule has 1 saturated carbocycles. The lowest BCUT2D eigenvalue weighted by molar-refractivity contribution is -0.336. The average Bonchev–Trinajstić information content (AvgIpc) is 2.23. The number of hydrogen-bond donors (Lipinski definition) is 0. The predicted octanol–water partition coefficient (Wildman–Crippen LogP) is 3.42. The van der Waals surface area contributed by atoms with Crippen LogP contribution in [0.1, 0.15) is 64.2 Å². The van der Waals surface area contributed by atoms with Crippen LogP contribution in [-0.2, 0) is 14.6 Å². The highest BCUT2D eigenvalue weighted by molar-refractivity contribution is 5.78. The first-order chi connectivity index (χ1) is 8.36. The van der Waals surface area contributed by atoms with Gasteiger partial charge in [-0.1, -0.05) is 32.1 Å². The molecular formula is C14H24O3. The van der Waals surface area contributed by atoms with Crippen molar-refractivity contribution in [3.63, 3.8) is 0 Å². The van der Waals surface area contributed by atoms with Gasteiger partial charge in [-0.15, -0.1) is 0 Å². The lowest BCUT2D eigenvalue weighted by Crippen LogP contribution is -2.29. The molecule has 0 aromatic heterocycles. The minimum Gasteiger partial charge on any atom is -0.300 e. The van der Waals surface area contributed by atoms with Crippen LogP contribution in [0.15, 0.2) is 0 Å². The Hall–Kier alpha value is -0.410. The van der Waals surface area contributed by atoms with Gasteiger partial charge in [0.1, 0.15) is 11.9 Å². The quantitative estimate of drug-likeness (QED) is 0.659. The second kappa shape index (κ2) is 7.12. The molecule has 2 aliphatic rings. The van der Waals surface area contributed by atoms with Gasteiger partial charge in [-0.05, 0) is 25.2 Å². The molecule has 1 saturated heterocycles. The van der Waals surface area contributed by atoms with Crippen LogP contribution in [-0.4, -0.2) is 18.5 Å². The molecule has 1 unspecified atom stereocenters. The number of carbonyl (C=O) groups is 1. The molecule has 3 nitrogen and oxygen atoms in total. The topological polar surface area (TPSA) is 35.5 Å². The van der Waals surface area contributed by atoms with Crippen molar-refractivity contribution in [2.24, 2.45) is 5.92 Å². The van der Waals surface area contributed by atoms with Crippen molar-refractivity contribution >= 4 is 5.78 Å². The fourth-order valence-corrected chi connectivity index (χ4v) is 2.93. The SMILES string of the molecule is O=C1CCCOOC(C2CCCCCCC2)C1. The zero-order chi connectivity index (χ0) is 11.9. The summed E-state index contributed by atoms with van der Waals surface area (Å²) in [6.45, 7) is 0.564. The molecule has 1 aliphatic carbocycles. The minimum atomic E-state index is 0.0147. The minimum absolute atomic E-state index is 0.0147. The Labute approximate surface area is 104 Å². The van der Waals surface area contributed by atoms with E-state index in [1.54, 1.807) is 0 Å². The maximum atomic E-state index is 11.7. The summed E-state index contributed by atoms with van der Waals surface area (Å²) in [6, 6.07) is 0. The number of rotatable bonds is 1. The van der Waals surface area contributed by atoms with E-state index in [2.05, 4.69) is 0 Å². The van der Waals surface area contributed by atoms with Crippen LogP contribution < -0.4 is 0 Å². The summed E-state index contributed by atoms with van der Waals surface area (Å²) in [5.41, 5.74) is 0. The van der Waals surface area contributed by atoms with E-state index in [0.717, 1.165) is 6.42 Å². The Morgan fingerprint density at radius 3 is 2.41 bits per heavy atom. The average molecular weight is 240 g/mol. The zero-order valence-electron chi connectivity index (χ0n) is 10.7. The molecule has 1 heterocycles. The summed E-state index contributed by atoms with van der Waals surface area (Å²) in [4.78, 5) is 22.4. The van der Waals surface area contributed by atoms with E-state index in [1.165, 1.54) is 44.9 Å². The van der Waals surface area contributed by atoms with Gasteiger partial charge in [-0.3, -0.25) is 4.79 Å². The summed E-state index contributed by atoms with van der Waals surface area (Å²) in [5, 5.41) is 0. The molecular weight excluding hydrogens is 216 g/mol. The van der Waals surface area contributed by atoms with E-state index in [-0.39, 0.29) is 6.10 Å². The molecule has 0 radical (unpaired) electrons. The molecule has 0 amide bonds. The van der Waals surface area contributed by atoms with Gasteiger partial charge in [-0.2, -0.15) is 0 Å². The van der Waals surface area contributed by atoms with Gasteiger partial charge in [0, 0.05) is 12.8 Å². The van der Waals surface area contributed by atoms with Gasteiger partial charge in [-0.25, -0.2) is 9.78 Å². The van der Waals surface area contributed by atoms with Crippen molar-refractivity contribution in [2.45, 2.75) is 70.3 Å². The first-order valence-electron chi connectivity index (χ1n) is 7.16. The molecule has 0 aromatic carbocycles. The normalized spacial score (nSPS) is 30.1. The van der Waals surface area contributed by atoms with Gasteiger partial charge < -0.3 is 0 Å². The second-order valence-electron chi connectivity index (χ2n) is 5.41. The Kier molecular flexibility index (Phi) is 5.46. The van der Waals surface area contributed by atoms with E-state index < -0.39 is 0 Å². The molecule has 2 rings (SSSR count). The van der Waals surface area contributed by atoms with Crippen LogP contribution in [0.2, 0.25) is 0 Å². The van der Waals surface area contributed by atoms with E-state index >= 15 is 0 Å². The van der Waals surface area contributed by atoms with Crippen LogP contribution in [0.5, 0.6) is 0 Å². The molecule has 0 aromatic rings. The predicted molar refractivity (Wildman–Crippen MR) is 65.5 cm³/mol. The molecule has 17 heavy (non-hydrogen) atoms. The number of hydrogen-bond acceptors (Lipinski definition) is 3. The van der Waals surface area contributed by atoms with E-state index in [0.29, 0.717) is 31.1 Å². The molecule has 3 heteroatoms. The van der Waals surface area contributed by atoms with Gasteiger partial charge in [0.05, 0.1) is 6.61 Å². The lowest BCUT2D eigenvalue weighted by Gasteiger charge is -2.28. The first-order valence-corrected chi connectivity index (χ1v) is 7.16. The Morgan fingerprint density at radius 1 is 0.941 bits per heavy atom. The van der Waals surface area contributed by atoms with Crippen LogP contribution >= 0.6 is 0 Å². The monoisotopic (exact) mass is 240 g/mol. The van der Waals surface area contributed by atoms with Crippen molar-refractivity contribution in [1.29, 1.82) is 0 Å². The highest BCUT2D eigenvalue weighted by Gasteiger charge is 2.27. The molecule has 0 N–H and O–H groups in total. The van der Waals surface area contributed by atoms with Gasteiger partial charge in [0.25, 0.3) is 0 Å². The molecule has 0 bridgehead atoms. The van der Waals surface area contributed by atoms with Crippen LogP contribution in [0.3, 0.4) is 0 Å². The first kappa shape index (κ1) is 13.0. The van der Waals surface area contributed by atoms with E-state index in [4.69, 9.17) is 9.78 Å². The fraction of sp³-hybridized carbons (Fsp3) is 0.929. The third-order valence-electron chi connectivity index (χ3n) is 3.98. The third kappa shape index (κ3) is 4.40. The van der Waals surface area contributed by atoms with Crippen molar-refractivity contribution in [2.75, 3.05) is 6.61 Å². The summed E-state index contributed by atoms with van der Waals surface area (Å²) < 4.78 is 0. The maximum Gasteiger partial charge on any atom is 0.135 e. The summed E-state index contributed by atoms with van der Waals surface area (Å²) in [5.74, 6) is 0.873. The summed E-state index contributed by atoms with van der Waals surface area (Å²) >= 11 is 0. The maximum absolute atomic E-state index is 11.7. The molecule has 98 valence electrons. The van der Waals surface area contributed by atoms with E-state index in [9.17, 15) is 4.79 Å². The highest BCUT2D eigenvalue weighted by atomic mass is 17.2. The third-order valence-corrected chi connectivity index (χ3v) is 3.98. The summed E-state index contributed by atoms with van der Waals surface area (Å²) in [7, 11) is 0. The Bertz CT molecular complexity index is 232.